The van der Waals surface area contributed by atoms with E-state index in [1.807, 2.05) is 42.1 Å². The summed E-state index contributed by atoms with van der Waals surface area (Å²) in [5.74, 6) is -0.196. The number of benzene rings is 1. The first-order valence-electron chi connectivity index (χ1n) is 7.94. The summed E-state index contributed by atoms with van der Waals surface area (Å²) in [6.45, 7) is 3.70. The molecule has 1 aromatic carbocycles. The van der Waals surface area contributed by atoms with Crippen LogP contribution in [0.15, 0.2) is 36.7 Å². The van der Waals surface area contributed by atoms with Crippen molar-refractivity contribution >= 4 is 5.97 Å². The Morgan fingerprint density at radius 3 is 2.65 bits per heavy atom. The second-order valence-electron chi connectivity index (χ2n) is 5.93. The number of esters is 1. The highest BCUT2D eigenvalue weighted by Crippen LogP contribution is 2.31. The molecule has 1 aliphatic heterocycles. The lowest BCUT2D eigenvalue weighted by molar-refractivity contribution is -0.148. The maximum absolute atomic E-state index is 12.4. The number of carbonyl (C=O) groups is 1. The quantitative estimate of drug-likeness (QED) is 0.809. The SMILES string of the molecule is COC(=O)[C@H](c1ccccc1C)N1CCC(n2ccnn2)CC1. The van der Waals surface area contributed by atoms with E-state index < -0.39 is 0 Å². The van der Waals surface area contributed by atoms with Crippen molar-refractivity contribution in [3.05, 3.63) is 47.8 Å². The molecule has 2 aromatic rings. The van der Waals surface area contributed by atoms with Crippen molar-refractivity contribution in [1.29, 1.82) is 0 Å². The summed E-state index contributed by atoms with van der Waals surface area (Å²) in [5.41, 5.74) is 2.14. The van der Waals surface area contributed by atoms with E-state index in [0.29, 0.717) is 6.04 Å². The standard InChI is InChI=1S/C17H22N4O2/c1-13-5-3-4-6-15(13)16(17(22)23-2)20-10-7-14(8-11-20)21-12-9-18-19-21/h3-6,9,12,14,16H,7-8,10-11H2,1-2H3/t16-/m0/s1. The third-order valence-electron chi connectivity index (χ3n) is 4.59. The minimum atomic E-state index is -0.335. The molecule has 1 saturated heterocycles. The average Bonchev–Trinajstić information content (AvgIpc) is 3.12. The normalized spacial score (nSPS) is 17.8. The molecular weight excluding hydrogens is 292 g/mol. The van der Waals surface area contributed by atoms with Crippen LogP contribution in [0.4, 0.5) is 0 Å². The fourth-order valence-electron chi connectivity index (χ4n) is 3.30. The van der Waals surface area contributed by atoms with Crippen molar-refractivity contribution in [2.45, 2.75) is 31.8 Å². The molecule has 1 aliphatic rings. The van der Waals surface area contributed by atoms with Gasteiger partial charge in [0.2, 0.25) is 0 Å². The van der Waals surface area contributed by atoms with Crippen LogP contribution < -0.4 is 0 Å². The smallest absolute Gasteiger partial charge is 0.327 e. The van der Waals surface area contributed by atoms with Gasteiger partial charge in [0.25, 0.3) is 0 Å². The predicted octanol–water partition coefficient (Wildman–Crippen LogP) is 2.14. The van der Waals surface area contributed by atoms with E-state index in [2.05, 4.69) is 15.2 Å². The summed E-state index contributed by atoms with van der Waals surface area (Å²) in [7, 11) is 1.45. The molecule has 1 fully saturated rings. The topological polar surface area (TPSA) is 60.2 Å². The number of hydrogen-bond donors (Lipinski definition) is 0. The molecule has 0 unspecified atom stereocenters. The summed E-state index contributed by atoms with van der Waals surface area (Å²) >= 11 is 0. The fourth-order valence-corrected chi connectivity index (χ4v) is 3.30. The van der Waals surface area contributed by atoms with Gasteiger partial charge < -0.3 is 4.74 Å². The molecular formula is C17H22N4O2. The first-order chi connectivity index (χ1) is 11.2. The van der Waals surface area contributed by atoms with Crippen LogP contribution in [0.1, 0.15) is 36.1 Å². The van der Waals surface area contributed by atoms with Crippen LogP contribution in [0, 0.1) is 6.92 Å². The molecule has 1 atom stereocenters. The van der Waals surface area contributed by atoms with E-state index in [0.717, 1.165) is 37.1 Å². The van der Waals surface area contributed by atoms with Crippen molar-refractivity contribution in [2.24, 2.45) is 0 Å². The number of piperidine rings is 1. The van der Waals surface area contributed by atoms with Crippen molar-refractivity contribution in [2.75, 3.05) is 20.2 Å². The van der Waals surface area contributed by atoms with Gasteiger partial charge in [0.15, 0.2) is 0 Å². The van der Waals surface area contributed by atoms with Gasteiger partial charge in [-0.15, -0.1) is 5.10 Å². The number of hydrogen-bond acceptors (Lipinski definition) is 5. The third-order valence-corrected chi connectivity index (χ3v) is 4.59. The maximum Gasteiger partial charge on any atom is 0.327 e. The molecule has 0 N–H and O–H groups in total. The Kier molecular flexibility index (Phi) is 4.71. The summed E-state index contributed by atoms with van der Waals surface area (Å²) < 4.78 is 6.98. The lowest BCUT2D eigenvalue weighted by atomic mass is 9.96. The average molecular weight is 314 g/mol. The minimum absolute atomic E-state index is 0.196. The number of ether oxygens (including phenoxy) is 1. The van der Waals surface area contributed by atoms with E-state index in [9.17, 15) is 4.79 Å². The van der Waals surface area contributed by atoms with Gasteiger partial charge in [0.1, 0.15) is 6.04 Å². The molecule has 122 valence electrons. The second-order valence-corrected chi connectivity index (χ2v) is 5.93. The summed E-state index contributed by atoms with van der Waals surface area (Å²) in [6, 6.07) is 8.03. The molecule has 6 nitrogen and oxygen atoms in total. The van der Waals surface area contributed by atoms with Crippen LogP contribution in [-0.2, 0) is 9.53 Å². The fraction of sp³-hybridized carbons (Fsp3) is 0.471. The van der Waals surface area contributed by atoms with Gasteiger partial charge in [0.05, 0.1) is 19.3 Å². The number of nitrogens with zero attached hydrogens (tertiary/aromatic N) is 4. The predicted molar refractivity (Wildman–Crippen MR) is 85.8 cm³/mol. The number of rotatable bonds is 4. The number of likely N-dealkylation sites (tertiary alicyclic amines) is 1. The van der Waals surface area contributed by atoms with Crippen LogP contribution >= 0.6 is 0 Å². The summed E-state index contributed by atoms with van der Waals surface area (Å²) in [4.78, 5) is 14.6. The van der Waals surface area contributed by atoms with Gasteiger partial charge in [-0.25, -0.2) is 9.48 Å². The molecule has 6 heteroatoms. The number of aryl methyl sites for hydroxylation is 1. The molecule has 0 bridgehead atoms. The highest BCUT2D eigenvalue weighted by atomic mass is 16.5. The molecule has 0 saturated carbocycles. The van der Waals surface area contributed by atoms with Gasteiger partial charge in [0, 0.05) is 19.3 Å². The molecule has 0 radical (unpaired) electrons. The zero-order valence-corrected chi connectivity index (χ0v) is 13.6. The molecule has 3 rings (SSSR count). The first kappa shape index (κ1) is 15.7. The minimum Gasteiger partial charge on any atom is -0.468 e. The van der Waals surface area contributed by atoms with Crippen molar-refractivity contribution in [3.8, 4) is 0 Å². The maximum atomic E-state index is 12.4. The Hall–Kier alpha value is -2.21. The van der Waals surface area contributed by atoms with E-state index in [1.165, 1.54) is 7.11 Å². The number of carbonyl (C=O) groups excluding carboxylic acids is 1. The van der Waals surface area contributed by atoms with Gasteiger partial charge in [-0.3, -0.25) is 4.90 Å². The molecule has 1 aromatic heterocycles. The zero-order valence-electron chi connectivity index (χ0n) is 13.6. The largest absolute Gasteiger partial charge is 0.468 e. The van der Waals surface area contributed by atoms with Crippen LogP contribution in [-0.4, -0.2) is 46.1 Å². The zero-order chi connectivity index (χ0) is 16.2. The van der Waals surface area contributed by atoms with E-state index in [-0.39, 0.29) is 12.0 Å². The Morgan fingerprint density at radius 1 is 1.30 bits per heavy atom. The Morgan fingerprint density at radius 2 is 2.04 bits per heavy atom. The second kappa shape index (κ2) is 6.91. The molecule has 2 heterocycles. The van der Waals surface area contributed by atoms with Crippen LogP contribution in [0.5, 0.6) is 0 Å². The van der Waals surface area contributed by atoms with Crippen LogP contribution in [0.2, 0.25) is 0 Å². The van der Waals surface area contributed by atoms with Crippen molar-refractivity contribution in [1.82, 2.24) is 19.9 Å². The number of aromatic nitrogens is 3. The van der Waals surface area contributed by atoms with Crippen LogP contribution in [0.25, 0.3) is 0 Å². The van der Waals surface area contributed by atoms with E-state index >= 15 is 0 Å². The van der Waals surface area contributed by atoms with Crippen LogP contribution in [0.3, 0.4) is 0 Å². The Labute approximate surface area is 136 Å². The lowest BCUT2D eigenvalue weighted by Crippen LogP contribution is -2.41. The molecule has 0 amide bonds. The number of methoxy groups -OCH3 is 1. The van der Waals surface area contributed by atoms with E-state index in [4.69, 9.17) is 4.74 Å². The van der Waals surface area contributed by atoms with Crippen molar-refractivity contribution in [3.63, 3.8) is 0 Å². The monoisotopic (exact) mass is 314 g/mol. The van der Waals surface area contributed by atoms with Gasteiger partial charge in [-0.1, -0.05) is 29.5 Å². The first-order valence-corrected chi connectivity index (χ1v) is 7.94. The summed E-state index contributed by atoms with van der Waals surface area (Å²) in [6.07, 6.45) is 5.50. The van der Waals surface area contributed by atoms with E-state index in [1.54, 1.807) is 6.20 Å². The lowest BCUT2D eigenvalue weighted by Gasteiger charge is -2.36. The van der Waals surface area contributed by atoms with Crippen molar-refractivity contribution < 1.29 is 9.53 Å². The highest BCUT2D eigenvalue weighted by molar-refractivity contribution is 5.78. The van der Waals surface area contributed by atoms with Gasteiger partial charge in [-0.05, 0) is 30.9 Å². The molecule has 23 heavy (non-hydrogen) atoms. The molecule has 0 spiro atoms. The third kappa shape index (κ3) is 3.27. The van der Waals surface area contributed by atoms with Gasteiger partial charge >= 0.3 is 5.97 Å². The Balaban J connectivity index is 1.77. The van der Waals surface area contributed by atoms with Gasteiger partial charge in [-0.2, -0.15) is 0 Å². The summed E-state index contributed by atoms with van der Waals surface area (Å²) in [5, 5.41) is 7.97. The highest BCUT2D eigenvalue weighted by Gasteiger charge is 2.33. The Bertz CT molecular complexity index is 648. The molecule has 0 aliphatic carbocycles.